The van der Waals surface area contributed by atoms with E-state index in [1.807, 2.05) is 19.9 Å². The zero-order valence-corrected chi connectivity index (χ0v) is 14.3. The summed E-state index contributed by atoms with van der Waals surface area (Å²) in [5, 5.41) is 5.99. The van der Waals surface area contributed by atoms with Crippen LogP contribution in [0.1, 0.15) is 18.9 Å². The van der Waals surface area contributed by atoms with Crippen LogP contribution in [0.5, 0.6) is 5.75 Å². The van der Waals surface area contributed by atoms with E-state index in [-0.39, 0.29) is 6.42 Å². The Kier molecular flexibility index (Phi) is 6.21. The molecule has 0 saturated heterocycles. The van der Waals surface area contributed by atoms with Gasteiger partial charge in [-0.1, -0.05) is 23.7 Å². The number of ether oxygens (including phenoxy) is 1. The molecule has 0 heterocycles. The van der Waals surface area contributed by atoms with E-state index in [2.05, 4.69) is 10.6 Å². The highest BCUT2D eigenvalue weighted by Crippen LogP contribution is 2.24. The number of benzene rings is 2. The molecule has 2 rings (SSSR count). The van der Waals surface area contributed by atoms with Crippen LogP contribution in [0.25, 0.3) is 0 Å². The molecule has 0 atom stereocenters. The highest BCUT2D eigenvalue weighted by atomic mass is 35.5. The zero-order valence-electron chi connectivity index (χ0n) is 13.6. The lowest BCUT2D eigenvalue weighted by Crippen LogP contribution is -2.22. The second-order valence-electron chi connectivity index (χ2n) is 5.16. The number of rotatable bonds is 6. The highest BCUT2D eigenvalue weighted by molar-refractivity contribution is 6.30. The molecule has 2 aromatic rings. The number of carbonyl (C=O) groups excluding carboxylic acids is 2. The van der Waals surface area contributed by atoms with Crippen LogP contribution in [0.4, 0.5) is 11.4 Å². The Hall–Kier alpha value is -2.53. The van der Waals surface area contributed by atoms with Crippen molar-refractivity contribution in [2.45, 2.75) is 20.3 Å². The van der Waals surface area contributed by atoms with Gasteiger partial charge in [-0.15, -0.1) is 0 Å². The Morgan fingerprint density at radius 2 is 1.71 bits per heavy atom. The van der Waals surface area contributed by atoms with Crippen molar-refractivity contribution in [2.75, 3.05) is 17.2 Å². The fraction of sp³-hybridized carbons (Fsp3) is 0.222. The van der Waals surface area contributed by atoms with Crippen molar-refractivity contribution < 1.29 is 14.3 Å². The Labute approximate surface area is 146 Å². The van der Waals surface area contributed by atoms with Crippen LogP contribution in [0, 0.1) is 6.92 Å². The van der Waals surface area contributed by atoms with Gasteiger partial charge in [0.2, 0.25) is 11.8 Å². The summed E-state index contributed by atoms with van der Waals surface area (Å²) in [6.07, 6.45) is -0.289. The molecule has 0 fully saturated rings. The number of aryl methyl sites for hydroxylation is 1. The van der Waals surface area contributed by atoms with Crippen LogP contribution < -0.4 is 15.4 Å². The van der Waals surface area contributed by atoms with Gasteiger partial charge in [0.05, 0.1) is 12.3 Å². The first-order chi connectivity index (χ1) is 11.5. The third-order valence-electron chi connectivity index (χ3n) is 3.24. The van der Waals surface area contributed by atoms with Gasteiger partial charge < -0.3 is 15.4 Å². The molecule has 2 N–H and O–H groups in total. The standard InChI is InChI=1S/C18H19ClN2O3/c1-3-24-16-7-5-4-6-15(16)21-18(23)11-17(22)20-14-9-8-13(19)10-12(14)2/h4-10H,3,11H2,1-2H3,(H,20,22)(H,21,23). The Morgan fingerprint density at radius 3 is 2.38 bits per heavy atom. The summed E-state index contributed by atoms with van der Waals surface area (Å²) in [5.41, 5.74) is 2.00. The molecular formula is C18H19ClN2O3. The largest absolute Gasteiger partial charge is 0.492 e. The molecule has 0 spiro atoms. The molecule has 0 aliphatic heterocycles. The average Bonchev–Trinajstić information content (AvgIpc) is 2.52. The normalized spacial score (nSPS) is 10.1. The Balaban J connectivity index is 1.96. The molecule has 5 nitrogen and oxygen atoms in total. The van der Waals surface area contributed by atoms with Gasteiger partial charge in [0.15, 0.2) is 0 Å². The van der Waals surface area contributed by atoms with E-state index in [0.29, 0.717) is 28.8 Å². The van der Waals surface area contributed by atoms with Crippen molar-refractivity contribution in [1.29, 1.82) is 0 Å². The fourth-order valence-electron chi connectivity index (χ4n) is 2.15. The molecule has 2 amide bonds. The van der Waals surface area contributed by atoms with Gasteiger partial charge in [-0.25, -0.2) is 0 Å². The molecule has 0 unspecified atom stereocenters. The van der Waals surface area contributed by atoms with Crippen LogP contribution in [0.3, 0.4) is 0 Å². The Morgan fingerprint density at radius 1 is 1.04 bits per heavy atom. The highest BCUT2D eigenvalue weighted by Gasteiger charge is 2.13. The van der Waals surface area contributed by atoms with Gasteiger partial charge in [-0.05, 0) is 49.7 Å². The molecule has 0 bridgehead atoms. The molecule has 0 aromatic heterocycles. The van der Waals surface area contributed by atoms with Gasteiger partial charge in [0.1, 0.15) is 12.2 Å². The zero-order chi connectivity index (χ0) is 17.5. The minimum Gasteiger partial charge on any atom is -0.492 e. The van der Waals surface area contributed by atoms with Crippen molar-refractivity contribution in [2.24, 2.45) is 0 Å². The van der Waals surface area contributed by atoms with Crippen molar-refractivity contribution in [3.8, 4) is 5.75 Å². The van der Waals surface area contributed by atoms with Crippen molar-refractivity contribution in [3.05, 3.63) is 53.1 Å². The van der Waals surface area contributed by atoms with E-state index in [4.69, 9.17) is 16.3 Å². The fourth-order valence-corrected chi connectivity index (χ4v) is 2.38. The predicted molar refractivity (Wildman–Crippen MR) is 95.7 cm³/mol. The van der Waals surface area contributed by atoms with Crippen molar-refractivity contribution in [1.82, 2.24) is 0 Å². The lowest BCUT2D eigenvalue weighted by atomic mass is 10.2. The smallest absolute Gasteiger partial charge is 0.233 e. The maximum absolute atomic E-state index is 12.1. The van der Waals surface area contributed by atoms with Crippen molar-refractivity contribution >= 4 is 34.8 Å². The molecular weight excluding hydrogens is 328 g/mol. The molecule has 0 aliphatic carbocycles. The number of hydrogen-bond donors (Lipinski definition) is 2. The van der Waals surface area contributed by atoms with Crippen LogP contribution in [-0.2, 0) is 9.59 Å². The summed E-state index contributed by atoms with van der Waals surface area (Å²) in [4.78, 5) is 24.1. The summed E-state index contributed by atoms with van der Waals surface area (Å²) in [7, 11) is 0. The minimum atomic E-state index is -0.411. The van der Waals surface area contributed by atoms with E-state index in [1.165, 1.54) is 0 Å². The van der Waals surface area contributed by atoms with Gasteiger partial charge in [0, 0.05) is 10.7 Å². The van der Waals surface area contributed by atoms with Crippen LogP contribution in [-0.4, -0.2) is 18.4 Å². The molecule has 24 heavy (non-hydrogen) atoms. The molecule has 0 saturated carbocycles. The predicted octanol–water partition coefficient (Wildman–Crippen LogP) is 4.01. The van der Waals surface area contributed by atoms with Crippen LogP contribution >= 0.6 is 11.6 Å². The van der Waals surface area contributed by atoms with Crippen molar-refractivity contribution in [3.63, 3.8) is 0 Å². The first kappa shape index (κ1) is 17.8. The summed E-state index contributed by atoms with van der Waals surface area (Å²) in [6, 6.07) is 12.2. The van der Waals surface area contributed by atoms with E-state index in [9.17, 15) is 9.59 Å². The topological polar surface area (TPSA) is 67.4 Å². The van der Waals surface area contributed by atoms with Gasteiger partial charge in [-0.3, -0.25) is 9.59 Å². The SMILES string of the molecule is CCOc1ccccc1NC(=O)CC(=O)Nc1ccc(Cl)cc1C. The summed E-state index contributed by atoms with van der Waals surface area (Å²) >= 11 is 5.88. The molecule has 2 aromatic carbocycles. The molecule has 0 radical (unpaired) electrons. The molecule has 6 heteroatoms. The number of carbonyl (C=O) groups is 2. The van der Waals surface area contributed by atoms with E-state index in [0.717, 1.165) is 5.56 Å². The third-order valence-corrected chi connectivity index (χ3v) is 3.48. The quantitative estimate of drug-likeness (QED) is 0.776. The van der Waals surface area contributed by atoms with Gasteiger partial charge in [-0.2, -0.15) is 0 Å². The number of para-hydroxylation sites is 2. The lowest BCUT2D eigenvalue weighted by Gasteiger charge is -2.12. The van der Waals surface area contributed by atoms with Gasteiger partial charge >= 0.3 is 0 Å². The maximum Gasteiger partial charge on any atom is 0.233 e. The average molecular weight is 347 g/mol. The van der Waals surface area contributed by atoms with Gasteiger partial charge in [0.25, 0.3) is 0 Å². The second-order valence-corrected chi connectivity index (χ2v) is 5.60. The maximum atomic E-state index is 12.1. The number of anilines is 2. The summed E-state index contributed by atoms with van der Waals surface area (Å²) < 4.78 is 5.44. The van der Waals surface area contributed by atoms with E-state index < -0.39 is 11.8 Å². The van der Waals surface area contributed by atoms with Crippen LogP contribution in [0.15, 0.2) is 42.5 Å². The number of hydrogen-bond acceptors (Lipinski definition) is 3. The lowest BCUT2D eigenvalue weighted by molar-refractivity contribution is -0.123. The molecule has 0 aliphatic rings. The summed E-state index contributed by atoms with van der Waals surface area (Å²) in [6.45, 7) is 4.18. The number of halogens is 1. The first-order valence-corrected chi connectivity index (χ1v) is 7.95. The van der Waals surface area contributed by atoms with E-state index >= 15 is 0 Å². The monoisotopic (exact) mass is 346 g/mol. The molecule has 126 valence electrons. The Bertz CT molecular complexity index is 747. The minimum absolute atomic E-state index is 0.289. The second kappa shape index (κ2) is 8.36. The number of amides is 2. The third kappa shape index (κ3) is 4.99. The van der Waals surface area contributed by atoms with Crippen LogP contribution in [0.2, 0.25) is 5.02 Å². The van der Waals surface area contributed by atoms with E-state index in [1.54, 1.807) is 36.4 Å². The first-order valence-electron chi connectivity index (χ1n) is 7.57. The summed E-state index contributed by atoms with van der Waals surface area (Å²) in [5.74, 6) is -0.236. The number of nitrogens with one attached hydrogen (secondary N) is 2.